The summed E-state index contributed by atoms with van der Waals surface area (Å²) in [4.78, 5) is 11.3. The Balaban J connectivity index is 2.71. The second kappa shape index (κ2) is 5.92. The van der Waals surface area contributed by atoms with E-state index in [-0.39, 0.29) is 5.69 Å². The summed E-state index contributed by atoms with van der Waals surface area (Å²) in [6.07, 6.45) is 1.70. The van der Waals surface area contributed by atoms with Crippen LogP contribution in [0.5, 0.6) is 11.5 Å². The number of carboxylic acid groups (broad SMARTS) is 1. The van der Waals surface area contributed by atoms with Crippen LogP contribution in [0.15, 0.2) is 24.4 Å². The molecule has 0 aliphatic rings. The third-order valence-electron chi connectivity index (χ3n) is 2.72. The van der Waals surface area contributed by atoms with Gasteiger partial charge in [0.25, 0.3) is 0 Å². The maximum atomic E-state index is 11.3. The van der Waals surface area contributed by atoms with E-state index in [9.17, 15) is 9.90 Å². The molecule has 0 saturated heterocycles. The smallest absolute Gasteiger partial charge is 0.352 e. The van der Waals surface area contributed by atoms with Crippen LogP contribution in [0.3, 0.4) is 0 Å². The lowest BCUT2D eigenvalue weighted by molar-refractivity contribution is 0.0688. The van der Waals surface area contributed by atoms with Crippen molar-refractivity contribution in [3.63, 3.8) is 0 Å². The lowest BCUT2D eigenvalue weighted by atomic mass is 10.2. The van der Waals surface area contributed by atoms with Gasteiger partial charge in [-0.3, -0.25) is 0 Å². The van der Waals surface area contributed by atoms with Crippen molar-refractivity contribution in [3.8, 4) is 17.2 Å². The zero-order valence-corrected chi connectivity index (χ0v) is 13.6. The predicted molar refractivity (Wildman–Crippen MR) is 83.6 cm³/mol. The van der Waals surface area contributed by atoms with E-state index in [0.29, 0.717) is 22.2 Å². The number of ether oxygens (including phenoxy) is 2. The Morgan fingerprint density at radius 2 is 1.90 bits per heavy atom. The number of rotatable bonds is 4. The monoisotopic (exact) mass is 407 g/mol. The van der Waals surface area contributed by atoms with Gasteiger partial charge in [0.15, 0.2) is 0 Å². The zero-order chi connectivity index (χ0) is 14.9. The minimum atomic E-state index is -1.02. The van der Waals surface area contributed by atoms with Gasteiger partial charge in [0, 0.05) is 21.9 Å². The van der Waals surface area contributed by atoms with Crippen molar-refractivity contribution in [3.05, 3.63) is 38.7 Å². The Bertz CT molecular complexity index is 669. The van der Waals surface area contributed by atoms with Crippen molar-refractivity contribution in [2.45, 2.75) is 0 Å². The van der Waals surface area contributed by atoms with Crippen LogP contribution in [0, 0.1) is 3.57 Å². The first-order chi connectivity index (χ1) is 9.47. The second-order valence-electron chi connectivity index (χ2n) is 3.88. The number of carbonyl (C=O) groups is 1. The molecule has 2 rings (SSSR count). The molecule has 5 nitrogen and oxygen atoms in total. The first-order valence-corrected chi connectivity index (χ1v) is 6.96. The molecule has 0 saturated carbocycles. The number of hydrogen-bond acceptors (Lipinski definition) is 3. The molecule has 0 bridgehead atoms. The van der Waals surface area contributed by atoms with Gasteiger partial charge in [-0.15, -0.1) is 0 Å². The summed E-state index contributed by atoms with van der Waals surface area (Å²) in [6, 6.07) is 4.81. The highest BCUT2D eigenvalue weighted by Crippen LogP contribution is 2.35. The number of aromatic nitrogens is 1. The fourth-order valence-electron chi connectivity index (χ4n) is 1.83. The van der Waals surface area contributed by atoms with Gasteiger partial charge in [0.2, 0.25) is 0 Å². The number of methoxy groups -OCH3 is 2. The van der Waals surface area contributed by atoms with Crippen molar-refractivity contribution >= 4 is 40.2 Å². The molecule has 106 valence electrons. The van der Waals surface area contributed by atoms with Gasteiger partial charge in [-0.2, -0.15) is 0 Å². The number of carboxylic acids is 1. The zero-order valence-electron chi connectivity index (χ0n) is 10.7. The fraction of sp³-hybridized carbons (Fsp3) is 0.154. The van der Waals surface area contributed by atoms with Crippen LogP contribution in [0.25, 0.3) is 5.69 Å². The highest BCUT2D eigenvalue weighted by atomic mass is 127. The van der Waals surface area contributed by atoms with E-state index in [2.05, 4.69) is 22.6 Å². The topological polar surface area (TPSA) is 60.7 Å². The molecule has 7 heteroatoms. The van der Waals surface area contributed by atoms with Gasteiger partial charge in [0.05, 0.1) is 24.9 Å². The Hall–Kier alpha value is -1.41. The SMILES string of the molecule is COc1cc(-n2cc(I)cc2C(=O)O)c(OC)cc1Cl. The minimum Gasteiger partial charge on any atom is -0.495 e. The van der Waals surface area contributed by atoms with Crippen molar-refractivity contribution in [2.75, 3.05) is 14.2 Å². The number of nitrogens with zero attached hydrogens (tertiary/aromatic N) is 1. The second-order valence-corrected chi connectivity index (χ2v) is 5.53. The van der Waals surface area contributed by atoms with Crippen molar-refractivity contribution in [1.29, 1.82) is 0 Å². The van der Waals surface area contributed by atoms with Crippen LogP contribution in [0.4, 0.5) is 0 Å². The van der Waals surface area contributed by atoms with E-state index >= 15 is 0 Å². The first-order valence-electron chi connectivity index (χ1n) is 5.51. The maximum Gasteiger partial charge on any atom is 0.352 e. The number of aromatic carboxylic acids is 1. The van der Waals surface area contributed by atoms with Crippen LogP contribution in [0.1, 0.15) is 10.5 Å². The summed E-state index contributed by atoms with van der Waals surface area (Å²) < 4.78 is 12.8. The van der Waals surface area contributed by atoms with E-state index in [4.69, 9.17) is 21.1 Å². The van der Waals surface area contributed by atoms with Crippen LogP contribution < -0.4 is 9.47 Å². The van der Waals surface area contributed by atoms with Crippen molar-refractivity contribution in [1.82, 2.24) is 4.57 Å². The molecule has 0 unspecified atom stereocenters. The molecule has 0 radical (unpaired) electrons. The van der Waals surface area contributed by atoms with Crippen LogP contribution in [0.2, 0.25) is 5.02 Å². The highest BCUT2D eigenvalue weighted by molar-refractivity contribution is 14.1. The molecule has 1 heterocycles. The van der Waals surface area contributed by atoms with Gasteiger partial charge in [-0.25, -0.2) is 4.79 Å². The highest BCUT2D eigenvalue weighted by Gasteiger charge is 2.18. The Morgan fingerprint density at radius 3 is 2.45 bits per heavy atom. The quantitative estimate of drug-likeness (QED) is 0.789. The van der Waals surface area contributed by atoms with E-state index in [1.165, 1.54) is 18.8 Å². The molecule has 1 N–H and O–H groups in total. The molecule has 0 aliphatic heterocycles. The minimum absolute atomic E-state index is 0.136. The number of halogens is 2. The molecule has 0 amide bonds. The largest absolute Gasteiger partial charge is 0.495 e. The standard InChI is InChI=1S/C13H11ClINO4/c1-19-11-5-9(12(20-2)4-8(11)14)16-6-7(15)3-10(16)13(17)18/h3-6H,1-2H3,(H,17,18). The van der Waals surface area contributed by atoms with E-state index in [0.717, 1.165) is 3.57 Å². The maximum absolute atomic E-state index is 11.3. The Labute approximate surface area is 134 Å². The summed E-state index contributed by atoms with van der Waals surface area (Å²) in [5, 5.41) is 9.66. The van der Waals surface area contributed by atoms with Gasteiger partial charge < -0.3 is 19.1 Å². The summed E-state index contributed by atoms with van der Waals surface area (Å²) >= 11 is 8.10. The molecular formula is C13H11ClINO4. The van der Waals surface area contributed by atoms with Gasteiger partial charge >= 0.3 is 5.97 Å². The van der Waals surface area contributed by atoms with Crippen molar-refractivity contribution < 1.29 is 19.4 Å². The molecule has 0 spiro atoms. The average Bonchev–Trinajstić information content (AvgIpc) is 2.80. The molecule has 20 heavy (non-hydrogen) atoms. The van der Waals surface area contributed by atoms with Gasteiger partial charge in [-0.1, -0.05) is 11.6 Å². The number of benzene rings is 1. The third-order valence-corrected chi connectivity index (χ3v) is 3.60. The summed E-state index contributed by atoms with van der Waals surface area (Å²) in [5.74, 6) is -0.114. The summed E-state index contributed by atoms with van der Waals surface area (Å²) in [5.41, 5.74) is 0.686. The van der Waals surface area contributed by atoms with Crippen LogP contribution in [-0.4, -0.2) is 29.9 Å². The molecule has 0 fully saturated rings. The van der Waals surface area contributed by atoms with Crippen molar-refractivity contribution in [2.24, 2.45) is 0 Å². The lowest BCUT2D eigenvalue weighted by Crippen LogP contribution is -2.07. The van der Waals surface area contributed by atoms with Gasteiger partial charge in [-0.05, 0) is 28.7 Å². The average molecular weight is 408 g/mol. The Kier molecular flexibility index (Phi) is 4.44. The molecule has 1 aromatic heterocycles. The fourth-order valence-corrected chi connectivity index (χ4v) is 2.63. The van der Waals surface area contributed by atoms with Crippen LogP contribution in [-0.2, 0) is 0 Å². The van der Waals surface area contributed by atoms with E-state index in [1.807, 2.05) is 0 Å². The number of hydrogen-bond donors (Lipinski definition) is 1. The predicted octanol–water partition coefficient (Wildman–Crippen LogP) is 3.45. The normalized spacial score (nSPS) is 10.4. The molecule has 0 aliphatic carbocycles. The molecule has 1 aromatic carbocycles. The molecule has 2 aromatic rings. The van der Waals surface area contributed by atoms with Gasteiger partial charge in [0.1, 0.15) is 17.2 Å². The first kappa shape index (κ1) is 15.0. The summed E-state index contributed by atoms with van der Waals surface area (Å²) in [7, 11) is 2.99. The summed E-state index contributed by atoms with van der Waals surface area (Å²) in [6.45, 7) is 0. The molecular weight excluding hydrogens is 397 g/mol. The third kappa shape index (κ3) is 2.71. The van der Waals surface area contributed by atoms with E-state index < -0.39 is 5.97 Å². The van der Waals surface area contributed by atoms with E-state index in [1.54, 1.807) is 24.4 Å². The Morgan fingerprint density at radius 1 is 1.25 bits per heavy atom. The van der Waals surface area contributed by atoms with Crippen LogP contribution >= 0.6 is 34.2 Å². The lowest BCUT2D eigenvalue weighted by Gasteiger charge is -2.14. The molecule has 0 atom stereocenters.